The second kappa shape index (κ2) is 8.08. The maximum Gasteiger partial charge on any atom is 0.0718 e. The third-order valence-corrected chi connectivity index (χ3v) is 3.97. The normalized spacial score (nSPS) is 17.2. The minimum atomic E-state index is 0.407. The lowest BCUT2D eigenvalue weighted by molar-refractivity contribution is 0.0319. The fourth-order valence-corrected chi connectivity index (χ4v) is 2.75. The quantitative estimate of drug-likeness (QED) is 0.797. The first-order valence-corrected chi connectivity index (χ1v) is 7.91. The number of ether oxygens (including phenoxy) is 2. The number of fused-ring (bicyclic) bond motifs is 1. The number of nitrogens with one attached hydrogen (secondary N) is 1. The molecule has 1 N–H and O–H groups in total. The molecule has 2 aromatic rings. The monoisotopic (exact) mass is 297 g/mol. The molecule has 0 radical (unpaired) electrons. The predicted octanol–water partition coefficient (Wildman–Crippen LogP) is 2.93. The molecule has 0 spiro atoms. The fraction of sp³-hybridized carbons (Fsp3) is 0.368. The van der Waals surface area contributed by atoms with Gasteiger partial charge in [0.15, 0.2) is 0 Å². The van der Waals surface area contributed by atoms with E-state index in [1.807, 2.05) is 18.2 Å². The molecule has 0 saturated carbocycles. The molecule has 0 aliphatic carbocycles. The SMILES string of the molecule is c1ccc(COCCOC[C@@H]2Cc3ccccc3CN2)cc1. The Hall–Kier alpha value is -1.68. The summed E-state index contributed by atoms with van der Waals surface area (Å²) in [4.78, 5) is 0. The topological polar surface area (TPSA) is 30.5 Å². The zero-order valence-electron chi connectivity index (χ0n) is 12.8. The van der Waals surface area contributed by atoms with Crippen LogP contribution in [0.4, 0.5) is 0 Å². The second-order valence-corrected chi connectivity index (χ2v) is 5.66. The van der Waals surface area contributed by atoms with Gasteiger partial charge < -0.3 is 14.8 Å². The van der Waals surface area contributed by atoms with Gasteiger partial charge in [-0.05, 0) is 23.1 Å². The molecule has 0 aromatic heterocycles. The third kappa shape index (κ3) is 4.41. The number of hydrogen-bond acceptors (Lipinski definition) is 3. The molecule has 0 saturated heterocycles. The van der Waals surface area contributed by atoms with Crippen molar-refractivity contribution in [3.63, 3.8) is 0 Å². The van der Waals surface area contributed by atoms with Gasteiger partial charge in [-0.1, -0.05) is 54.6 Å². The lowest BCUT2D eigenvalue weighted by Gasteiger charge is -2.25. The summed E-state index contributed by atoms with van der Waals surface area (Å²) in [6.07, 6.45) is 1.04. The van der Waals surface area contributed by atoms with Crippen molar-refractivity contribution >= 4 is 0 Å². The Morgan fingerprint density at radius 1 is 0.864 bits per heavy atom. The van der Waals surface area contributed by atoms with Crippen molar-refractivity contribution in [2.75, 3.05) is 19.8 Å². The Labute approximate surface area is 132 Å². The number of hydrogen-bond donors (Lipinski definition) is 1. The largest absolute Gasteiger partial charge is 0.377 e. The Morgan fingerprint density at radius 2 is 1.59 bits per heavy atom. The summed E-state index contributed by atoms with van der Waals surface area (Å²) in [5, 5.41) is 3.53. The van der Waals surface area contributed by atoms with Crippen LogP contribution in [-0.2, 0) is 29.0 Å². The summed E-state index contributed by atoms with van der Waals surface area (Å²) in [6, 6.07) is 19.2. The fourth-order valence-electron chi connectivity index (χ4n) is 2.75. The zero-order valence-corrected chi connectivity index (χ0v) is 12.8. The maximum atomic E-state index is 5.74. The van der Waals surface area contributed by atoms with Crippen LogP contribution in [0.2, 0.25) is 0 Å². The van der Waals surface area contributed by atoms with Crippen molar-refractivity contribution in [2.45, 2.75) is 25.6 Å². The summed E-state index contributed by atoms with van der Waals surface area (Å²) in [5.74, 6) is 0. The van der Waals surface area contributed by atoms with Crippen LogP contribution in [0.15, 0.2) is 54.6 Å². The molecule has 3 nitrogen and oxygen atoms in total. The molecular weight excluding hydrogens is 274 g/mol. The van der Waals surface area contributed by atoms with E-state index in [0.29, 0.717) is 25.9 Å². The van der Waals surface area contributed by atoms with Gasteiger partial charge in [0.2, 0.25) is 0 Å². The van der Waals surface area contributed by atoms with Gasteiger partial charge in [-0.15, -0.1) is 0 Å². The predicted molar refractivity (Wildman–Crippen MR) is 87.7 cm³/mol. The summed E-state index contributed by atoms with van der Waals surface area (Å²) in [7, 11) is 0. The van der Waals surface area contributed by atoms with Gasteiger partial charge in [0.25, 0.3) is 0 Å². The Kier molecular flexibility index (Phi) is 5.59. The van der Waals surface area contributed by atoms with Gasteiger partial charge in [-0.25, -0.2) is 0 Å². The molecule has 0 amide bonds. The van der Waals surface area contributed by atoms with Gasteiger partial charge in [0, 0.05) is 12.6 Å². The molecule has 22 heavy (non-hydrogen) atoms. The highest BCUT2D eigenvalue weighted by molar-refractivity contribution is 5.29. The lowest BCUT2D eigenvalue weighted by Crippen LogP contribution is -2.39. The van der Waals surface area contributed by atoms with E-state index in [-0.39, 0.29) is 0 Å². The van der Waals surface area contributed by atoms with E-state index in [2.05, 4.69) is 41.7 Å². The van der Waals surface area contributed by atoms with Crippen molar-refractivity contribution in [3.8, 4) is 0 Å². The first kappa shape index (κ1) is 15.2. The van der Waals surface area contributed by atoms with Gasteiger partial charge in [0.1, 0.15) is 0 Å². The maximum absolute atomic E-state index is 5.74. The van der Waals surface area contributed by atoms with Gasteiger partial charge in [-0.2, -0.15) is 0 Å². The molecule has 3 heteroatoms. The van der Waals surface area contributed by atoms with Crippen LogP contribution in [0.1, 0.15) is 16.7 Å². The summed E-state index contributed by atoms with van der Waals surface area (Å²) < 4.78 is 11.4. The lowest BCUT2D eigenvalue weighted by atomic mass is 9.96. The van der Waals surface area contributed by atoms with Gasteiger partial charge in [0.05, 0.1) is 26.4 Å². The smallest absolute Gasteiger partial charge is 0.0718 e. The molecule has 0 fully saturated rings. The van der Waals surface area contributed by atoms with Crippen molar-refractivity contribution in [1.82, 2.24) is 5.32 Å². The van der Waals surface area contributed by atoms with Gasteiger partial charge in [-0.3, -0.25) is 0 Å². The molecule has 1 aliphatic rings. The van der Waals surface area contributed by atoms with Crippen LogP contribution >= 0.6 is 0 Å². The van der Waals surface area contributed by atoms with Crippen LogP contribution in [0, 0.1) is 0 Å². The average molecular weight is 297 g/mol. The van der Waals surface area contributed by atoms with Crippen LogP contribution in [0.3, 0.4) is 0 Å². The van der Waals surface area contributed by atoms with Crippen molar-refractivity contribution < 1.29 is 9.47 Å². The summed E-state index contributed by atoms with van der Waals surface area (Å²) in [5.41, 5.74) is 4.05. The first-order chi connectivity index (χ1) is 10.9. The minimum Gasteiger partial charge on any atom is -0.377 e. The van der Waals surface area contributed by atoms with Crippen LogP contribution < -0.4 is 5.32 Å². The van der Waals surface area contributed by atoms with Crippen molar-refractivity contribution in [3.05, 3.63) is 71.3 Å². The van der Waals surface area contributed by atoms with Crippen LogP contribution in [-0.4, -0.2) is 25.9 Å². The molecule has 0 unspecified atom stereocenters. The van der Waals surface area contributed by atoms with E-state index >= 15 is 0 Å². The van der Waals surface area contributed by atoms with Crippen molar-refractivity contribution in [1.29, 1.82) is 0 Å². The highest BCUT2D eigenvalue weighted by atomic mass is 16.5. The Balaban J connectivity index is 1.30. The Morgan fingerprint density at radius 3 is 2.45 bits per heavy atom. The molecule has 1 atom stereocenters. The first-order valence-electron chi connectivity index (χ1n) is 7.91. The molecule has 2 aromatic carbocycles. The molecular formula is C19H23NO2. The van der Waals surface area contributed by atoms with E-state index < -0.39 is 0 Å². The van der Waals surface area contributed by atoms with E-state index in [9.17, 15) is 0 Å². The highest BCUT2D eigenvalue weighted by Gasteiger charge is 2.17. The number of benzene rings is 2. The van der Waals surface area contributed by atoms with E-state index in [1.54, 1.807) is 0 Å². The third-order valence-electron chi connectivity index (χ3n) is 3.97. The van der Waals surface area contributed by atoms with E-state index in [0.717, 1.165) is 19.6 Å². The molecule has 0 bridgehead atoms. The summed E-state index contributed by atoms with van der Waals surface area (Å²) >= 11 is 0. The van der Waals surface area contributed by atoms with Crippen LogP contribution in [0.25, 0.3) is 0 Å². The Bertz CT molecular complexity index is 571. The van der Waals surface area contributed by atoms with Gasteiger partial charge >= 0.3 is 0 Å². The molecule has 1 aliphatic heterocycles. The molecule has 116 valence electrons. The van der Waals surface area contributed by atoms with E-state index in [4.69, 9.17) is 9.47 Å². The van der Waals surface area contributed by atoms with E-state index in [1.165, 1.54) is 16.7 Å². The zero-order chi connectivity index (χ0) is 15.0. The molecule has 1 heterocycles. The second-order valence-electron chi connectivity index (χ2n) is 5.66. The number of rotatable bonds is 7. The summed E-state index contributed by atoms with van der Waals surface area (Å²) in [6.45, 7) is 3.61. The highest BCUT2D eigenvalue weighted by Crippen LogP contribution is 2.16. The minimum absolute atomic E-state index is 0.407. The van der Waals surface area contributed by atoms with Crippen molar-refractivity contribution in [2.24, 2.45) is 0 Å². The van der Waals surface area contributed by atoms with Crippen LogP contribution in [0.5, 0.6) is 0 Å². The molecule has 3 rings (SSSR count). The average Bonchev–Trinajstić information content (AvgIpc) is 2.59. The standard InChI is InChI=1S/C19H23NO2/c1-2-6-16(7-3-1)14-21-10-11-22-15-19-12-17-8-4-5-9-18(17)13-20-19/h1-9,19-20H,10-15H2/t19-/m0/s1.